The van der Waals surface area contributed by atoms with Crippen LogP contribution in [0.3, 0.4) is 0 Å². The van der Waals surface area contributed by atoms with Crippen LogP contribution >= 0.6 is 31.9 Å². The highest BCUT2D eigenvalue weighted by Crippen LogP contribution is 2.27. The molecular weight excluding hydrogens is 761 g/mol. The van der Waals surface area contributed by atoms with Crippen LogP contribution in [0, 0.1) is 0 Å². The molecule has 0 spiro atoms. The number of benzene rings is 2. The van der Waals surface area contributed by atoms with E-state index in [1.807, 2.05) is 43.3 Å². The number of pyridine rings is 2. The normalized spacial score (nSPS) is 10.4. The minimum atomic E-state index is -1.38. The fourth-order valence-corrected chi connectivity index (χ4v) is 5.59. The predicted molar refractivity (Wildman–Crippen MR) is 195 cm³/mol. The molecule has 4 aromatic heterocycles. The molecule has 0 atom stereocenters. The van der Waals surface area contributed by atoms with Gasteiger partial charge in [0.2, 0.25) is 0 Å². The van der Waals surface area contributed by atoms with Crippen molar-refractivity contribution in [1.82, 2.24) is 29.9 Å². The lowest BCUT2D eigenvalue weighted by Gasteiger charge is -2.05. The Balaban J connectivity index is 0.000000180. The van der Waals surface area contributed by atoms with Crippen molar-refractivity contribution in [3.05, 3.63) is 99.1 Å². The first-order valence-electron chi connectivity index (χ1n) is 15.1. The highest BCUT2D eigenvalue weighted by molar-refractivity contribution is 9.10. The predicted octanol–water partition coefficient (Wildman–Crippen LogP) is 5.23. The Morgan fingerprint density at radius 3 is 2.18 bits per heavy atom. The topological polar surface area (TPSA) is 177 Å². The SMILES string of the molecule is CCCc1nccc2c1c(C(=O)OC)nn2-c1cccc(Br)c1.CCNc1nccc2[nH]nc(C(=O)OC)c12.OB(O)c1cccc(Br)c1. The highest BCUT2D eigenvalue weighted by atomic mass is 79.9. The number of methoxy groups -OCH3 is 2. The summed E-state index contributed by atoms with van der Waals surface area (Å²) in [5, 5.41) is 33.1. The third-order valence-electron chi connectivity index (χ3n) is 6.94. The van der Waals surface area contributed by atoms with E-state index in [1.54, 1.807) is 41.3 Å². The summed E-state index contributed by atoms with van der Waals surface area (Å²) in [5.41, 5.74) is 4.39. The fourth-order valence-electron chi connectivity index (χ4n) is 4.78. The number of hydrogen-bond acceptors (Lipinski definition) is 11. The number of hydrogen-bond donors (Lipinski definition) is 4. The first-order valence-corrected chi connectivity index (χ1v) is 16.7. The molecule has 4 N–H and O–H groups in total. The second-order valence-corrected chi connectivity index (χ2v) is 12.1. The fraction of sp³-hybridized carbons (Fsp3) is 0.212. The summed E-state index contributed by atoms with van der Waals surface area (Å²) < 4.78 is 13.1. The van der Waals surface area contributed by atoms with Gasteiger partial charge in [-0.1, -0.05) is 63.4 Å². The number of aryl methyl sites for hydroxylation is 1. The number of anilines is 1. The van der Waals surface area contributed by atoms with E-state index in [0.29, 0.717) is 22.4 Å². The van der Waals surface area contributed by atoms with Crippen LogP contribution in [0.2, 0.25) is 0 Å². The number of aromatic amines is 1. The molecule has 4 heterocycles. The zero-order valence-electron chi connectivity index (χ0n) is 27.1. The Bertz CT molecular complexity index is 2050. The molecule has 0 unspecified atom stereocenters. The summed E-state index contributed by atoms with van der Waals surface area (Å²) in [7, 11) is 1.31. The van der Waals surface area contributed by atoms with E-state index in [2.05, 4.69) is 74.1 Å². The lowest BCUT2D eigenvalue weighted by Crippen LogP contribution is -2.29. The van der Waals surface area contributed by atoms with Crippen molar-refractivity contribution in [2.75, 3.05) is 26.1 Å². The van der Waals surface area contributed by atoms with E-state index in [-0.39, 0.29) is 5.69 Å². The van der Waals surface area contributed by atoms with Crippen molar-refractivity contribution in [2.24, 2.45) is 0 Å². The van der Waals surface area contributed by atoms with Crippen molar-refractivity contribution in [2.45, 2.75) is 26.7 Å². The van der Waals surface area contributed by atoms with Crippen LogP contribution < -0.4 is 10.8 Å². The number of carbonyl (C=O) groups is 2. The van der Waals surface area contributed by atoms with Crippen molar-refractivity contribution < 1.29 is 29.1 Å². The summed E-state index contributed by atoms with van der Waals surface area (Å²) in [6.07, 6.45) is 5.13. The monoisotopic (exact) mass is 793 g/mol. The second-order valence-electron chi connectivity index (χ2n) is 10.2. The Morgan fingerprint density at radius 2 is 1.57 bits per heavy atom. The Morgan fingerprint density at radius 1 is 0.898 bits per heavy atom. The van der Waals surface area contributed by atoms with Crippen LogP contribution in [-0.4, -0.2) is 79.8 Å². The zero-order chi connectivity index (χ0) is 35.5. The number of nitrogens with zero attached hydrogens (tertiary/aromatic N) is 5. The minimum Gasteiger partial charge on any atom is -0.464 e. The van der Waals surface area contributed by atoms with Crippen LogP contribution in [0.15, 0.2) is 82.0 Å². The smallest absolute Gasteiger partial charge is 0.464 e. The largest absolute Gasteiger partial charge is 0.488 e. The van der Waals surface area contributed by atoms with Gasteiger partial charge < -0.3 is 24.8 Å². The van der Waals surface area contributed by atoms with E-state index in [1.165, 1.54) is 14.2 Å². The summed E-state index contributed by atoms with van der Waals surface area (Å²) in [6.45, 7) is 4.76. The number of halogens is 2. The molecule has 49 heavy (non-hydrogen) atoms. The van der Waals surface area contributed by atoms with Crippen molar-refractivity contribution in [1.29, 1.82) is 0 Å². The summed E-state index contributed by atoms with van der Waals surface area (Å²) in [6, 6.07) is 18.3. The number of H-pyrrole nitrogens is 1. The first kappa shape index (κ1) is 37.2. The van der Waals surface area contributed by atoms with Gasteiger partial charge in [-0.3, -0.25) is 10.1 Å². The number of nitrogens with one attached hydrogen (secondary N) is 2. The number of fused-ring (bicyclic) bond motifs is 2. The van der Waals surface area contributed by atoms with Crippen molar-refractivity contribution in [3.8, 4) is 5.69 Å². The molecule has 0 aliphatic heterocycles. The third kappa shape index (κ3) is 9.09. The van der Waals surface area contributed by atoms with Crippen LogP contribution in [0.5, 0.6) is 0 Å². The number of ether oxygens (including phenoxy) is 2. The molecule has 13 nitrogen and oxygen atoms in total. The minimum absolute atomic E-state index is 0.251. The van der Waals surface area contributed by atoms with E-state index in [9.17, 15) is 9.59 Å². The van der Waals surface area contributed by atoms with Gasteiger partial charge >= 0.3 is 19.1 Å². The number of aromatic nitrogens is 6. The molecule has 0 saturated heterocycles. The Kier molecular flexibility index (Phi) is 13.4. The van der Waals surface area contributed by atoms with E-state index >= 15 is 0 Å². The molecule has 0 bridgehead atoms. The van der Waals surface area contributed by atoms with Gasteiger partial charge in [-0.15, -0.1) is 0 Å². The molecular formula is C33H34BBr2N7O6. The number of esters is 2. The van der Waals surface area contributed by atoms with Gasteiger partial charge in [0.1, 0.15) is 5.82 Å². The number of rotatable bonds is 8. The van der Waals surface area contributed by atoms with Crippen molar-refractivity contribution in [3.63, 3.8) is 0 Å². The molecule has 0 radical (unpaired) electrons. The summed E-state index contributed by atoms with van der Waals surface area (Å²) in [4.78, 5) is 32.2. The average Bonchev–Trinajstić information content (AvgIpc) is 3.72. The van der Waals surface area contributed by atoms with Gasteiger partial charge in [0.05, 0.1) is 47.4 Å². The van der Waals surface area contributed by atoms with E-state index < -0.39 is 19.1 Å². The lowest BCUT2D eigenvalue weighted by atomic mass is 9.81. The molecule has 16 heteroatoms. The van der Waals surface area contributed by atoms with Gasteiger partial charge in [-0.05, 0) is 61.3 Å². The Hall–Kier alpha value is -4.64. The quantitative estimate of drug-likeness (QED) is 0.117. The van der Waals surface area contributed by atoms with Crippen LogP contribution in [0.4, 0.5) is 5.82 Å². The molecule has 0 amide bonds. The summed E-state index contributed by atoms with van der Waals surface area (Å²) >= 11 is 6.68. The van der Waals surface area contributed by atoms with Crippen molar-refractivity contribution >= 4 is 84.0 Å². The zero-order valence-corrected chi connectivity index (χ0v) is 30.3. The maximum atomic E-state index is 12.2. The van der Waals surface area contributed by atoms with Crippen LogP contribution in [-0.2, 0) is 15.9 Å². The molecule has 0 fully saturated rings. The highest BCUT2D eigenvalue weighted by Gasteiger charge is 2.22. The standard InChI is InChI=1S/C17H16BrN3O2.C10H12N4O2.C6H6BBrO2/c1-3-5-13-15-14(8-9-19-13)21(20-16(15)17(22)23-2)12-7-4-6-11(18)10-12;1-3-11-9-7-6(4-5-12-9)13-14-8(7)10(15)16-2;8-6-3-1-2-5(4-6)7(9)10/h4,6-10H,3,5H2,1-2H3;4-5H,3H2,1-2H3,(H,11,12)(H,13,14);1-4,9-10H. The maximum absolute atomic E-state index is 12.2. The number of carbonyl (C=O) groups excluding carboxylic acids is 2. The molecule has 2 aromatic carbocycles. The molecule has 6 aromatic rings. The van der Waals surface area contributed by atoms with Crippen LogP contribution in [0.25, 0.3) is 27.5 Å². The average molecular weight is 795 g/mol. The Labute approximate surface area is 299 Å². The molecule has 0 saturated carbocycles. The van der Waals surface area contributed by atoms with Gasteiger partial charge in [-0.25, -0.2) is 19.3 Å². The van der Waals surface area contributed by atoms with Gasteiger partial charge in [0.25, 0.3) is 0 Å². The van der Waals surface area contributed by atoms with Gasteiger partial charge in [0.15, 0.2) is 11.4 Å². The maximum Gasteiger partial charge on any atom is 0.488 e. The third-order valence-corrected chi connectivity index (χ3v) is 7.92. The molecule has 254 valence electrons. The van der Waals surface area contributed by atoms with Gasteiger partial charge in [0, 0.05) is 27.9 Å². The summed E-state index contributed by atoms with van der Waals surface area (Å²) in [5.74, 6) is -0.290. The molecule has 0 aliphatic rings. The van der Waals surface area contributed by atoms with E-state index in [0.717, 1.165) is 56.1 Å². The molecule has 6 rings (SSSR count). The van der Waals surface area contributed by atoms with Crippen LogP contribution in [0.1, 0.15) is 46.9 Å². The lowest BCUT2D eigenvalue weighted by molar-refractivity contribution is 0.0587. The first-order chi connectivity index (χ1) is 23.6. The molecule has 0 aliphatic carbocycles. The van der Waals surface area contributed by atoms with Gasteiger partial charge in [-0.2, -0.15) is 10.2 Å². The van der Waals surface area contributed by atoms with E-state index in [4.69, 9.17) is 14.8 Å². The second kappa shape index (κ2) is 17.7.